The molecular weight excluding hydrogens is 379 g/mol. The molecule has 0 spiro atoms. The summed E-state index contributed by atoms with van der Waals surface area (Å²) in [6, 6.07) is 1.20. The van der Waals surface area contributed by atoms with Gasteiger partial charge >= 0.3 is 5.97 Å². The Balaban J connectivity index is 2.09. The van der Waals surface area contributed by atoms with Crippen LogP contribution in [0, 0.1) is 29.1 Å². The molecule has 0 radical (unpaired) electrons. The molecule has 1 amide bonds. The van der Waals surface area contributed by atoms with Gasteiger partial charge in [0.15, 0.2) is 35.7 Å². The van der Waals surface area contributed by atoms with Gasteiger partial charge < -0.3 is 14.6 Å². The van der Waals surface area contributed by atoms with Crippen molar-refractivity contribution in [2.75, 3.05) is 11.9 Å². The fourth-order valence-electron chi connectivity index (χ4n) is 2.06. The van der Waals surface area contributed by atoms with Gasteiger partial charge in [-0.3, -0.25) is 9.59 Å². The third-order valence-corrected chi connectivity index (χ3v) is 3.43. The van der Waals surface area contributed by atoms with E-state index in [4.69, 9.17) is 0 Å². The number of hydrogen-bond donors (Lipinski definition) is 1. The van der Waals surface area contributed by atoms with E-state index < -0.39 is 53.3 Å². The van der Waals surface area contributed by atoms with Gasteiger partial charge in [0, 0.05) is 18.8 Å². The highest BCUT2D eigenvalue weighted by Gasteiger charge is 2.27. The van der Waals surface area contributed by atoms with Crippen LogP contribution in [0.15, 0.2) is 12.3 Å². The first kappa shape index (κ1) is 20.1. The van der Waals surface area contributed by atoms with E-state index in [0.717, 1.165) is 0 Å². The number of Topliss-reactive ketones (excluding diaryl/α,β-unsaturated/α-hetero) is 1. The summed E-state index contributed by atoms with van der Waals surface area (Å²) >= 11 is 0. The lowest BCUT2D eigenvalue weighted by Crippen LogP contribution is -2.23. The zero-order valence-electron chi connectivity index (χ0n) is 13.8. The second-order valence-corrected chi connectivity index (χ2v) is 5.35. The quantitative estimate of drug-likeness (QED) is 0.280. The second kappa shape index (κ2) is 7.56. The smallest absolute Gasteiger partial charge is 0.355 e. The van der Waals surface area contributed by atoms with Gasteiger partial charge in [-0.2, -0.15) is 0 Å². The highest BCUT2D eigenvalue weighted by molar-refractivity contribution is 5.99. The van der Waals surface area contributed by atoms with Gasteiger partial charge in [-0.25, -0.2) is 26.7 Å². The van der Waals surface area contributed by atoms with Gasteiger partial charge in [0.1, 0.15) is 11.4 Å². The van der Waals surface area contributed by atoms with Gasteiger partial charge in [0.05, 0.1) is 0 Å². The van der Waals surface area contributed by atoms with E-state index in [1.807, 2.05) is 0 Å². The lowest BCUT2D eigenvalue weighted by molar-refractivity contribution is -0.119. The zero-order valence-corrected chi connectivity index (χ0v) is 13.8. The Morgan fingerprint density at radius 2 is 1.52 bits per heavy atom. The SMILES string of the molecule is CC(=O)c1cc(C(=O)OCC(=O)Nc2c(F)c(F)c(F)c(F)c2F)n(C)c1. The van der Waals surface area contributed by atoms with Gasteiger partial charge in [-0.15, -0.1) is 0 Å². The molecule has 6 nitrogen and oxygen atoms in total. The number of halogens is 5. The summed E-state index contributed by atoms with van der Waals surface area (Å²) in [5.41, 5.74) is -1.45. The van der Waals surface area contributed by atoms with Crippen molar-refractivity contribution in [3.8, 4) is 0 Å². The molecule has 2 aromatic rings. The monoisotopic (exact) mass is 390 g/mol. The number of nitrogens with zero attached hydrogens (tertiary/aromatic N) is 1. The molecule has 0 aliphatic heterocycles. The largest absolute Gasteiger partial charge is 0.451 e. The van der Waals surface area contributed by atoms with Crippen molar-refractivity contribution >= 4 is 23.3 Å². The van der Waals surface area contributed by atoms with Crippen molar-refractivity contribution in [2.45, 2.75) is 6.92 Å². The van der Waals surface area contributed by atoms with E-state index in [9.17, 15) is 36.3 Å². The number of ketones is 1. The first-order valence-corrected chi connectivity index (χ1v) is 7.20. The van der Waals surface area contributed by atoms with Crippen molar-refractivity contribution < 1.29 is 41.1 Å². The average molecular weight is 390 g/mol. The molecule has 11 heteroatoms. The van der Waals surface area contributed by atoms with Gasteiger partial charge in [0.2, 0.25) is 5.82 Å². The van der Waals surface area contributed by atoms with Gasteiger partial charge in [-0.05, 0) is 13.0 Å². The predicted octanol–water partition coefficient (Wildman–Crippen LogP) is 2.72. The van der Waals surface area contributed by atoms with Crippen LogP contribution in [0.1, 0.15) is 27.8 Å². The van der Waals surface area contributed by atoms with E-state index in [-0.39, 0.29) is 17.0 Å². The first-order chi connectivity index (χ1) is 12.5. The highest BCUT2D eigenvalue weighted by atomic mass is 19.2. The Hall–Kier alpha value is -3.24. The van der Waals surface area contributed by atoms with Crippen LogP contribution in [0.4, 0.5) is 27.6 Å². The number of rotatable bonds is 5. The maximum atomic E-state index is 13.5. The lowest BCUT2D eigenvalue weighted by atomic mass is 10.2. The number of amides is 1. The Kier molecular flexibility index (Phi) is 5.62. The fraction of sp³-hybridized carbons (Fsp3) is 0.188. The summed E-state index contributed by atoms with van der Waals surface area (Å²) in [5.74, 6) is -14.0. The number of carbonyl (C=O) groups is 3. The zero-order chi connectivity index (χ0) is 20.5. The first-order valence-electron chi connectivity index (χ1n) is 7.20. The number of carbonyl (C=O) groups excluding carboxylic acids is 3. The van der Waals surface area contributed by atoms with E-state index >= 15 is 0 Å². The molecule has 144 valence electrons. The second-order valence-electron chi connectivity index (χ2n) is 5.35. The number of nitrogens with one attached hydrogen (secondary N) is 1. The van der Waals surface area contributed by atoms with Crippen LogP contribution in [0.2, 0.25) is 0 Å². The molecule has 0 aliphatic carbocycles. The number of hydrogen-bond acceptors (Lipinski definition) is 4. The maximum absolute atomic E-state index is 13.5. The minimum atomic E-state index is -2.38. The van der Waals surface area contributed by atoms with Crippen molar-refractivity contribution in [1.82, 2.24) is 4.57 Å². The lowest BCUT2D eigenvalue weighted by Gasteiger charge is -2.10. The molecule has 0 unspecified atom stereocenters. The minimum Gasteiger partial charge on any atom is -0.451 e. The Bertz CT molecular complexity index is 926. The molecule has 0 saturated heterocycles. The molecule has 0 fully saturated rings. The van der Waals surface area contributed by atoms with Gasteiger partial charge in [-0.1, -0.05) is 0 Å². The predicted molar refractivity (Wildman–Crippen MR) is 80.6 cm³/mol. The summed E-state index contributed by atoms with van der Waals surface area (Å²) in [6.07, 6.45) is 1.34. The normalized spacial score (nSPS) is 10.6. The van der Waals surface area contributed by atoms with Crippen LogP contribution in [-0.2, 0) is 16.6 Å². The minimum absolute atomic E-state index is 0.0933. The Labute approximate surface area is 148 Å². The van der Waals surface area contributed by atoms with Crippen LogP contribution in [0.5, 0.6) is 0 Å². The van der Waals surface area contributed by atoms with Crippen molar-refractivity contribution in [3.63, 3.8) is 0 Å². The summed E-state index contributed by atoms with van der Waals surface area (Å²) in [7, 11) is 1.43. The molecule has 1 N–H and O–H groups in total. The Morgan fingerprint density at radius 3 is 2.00 bits per heavy atom. The van der Waals surface area contributed by atoms with Gasteiger partial charge in [0.25, 0.3) is 5.91 Å². The average Bonchev–Trinajstić information content (AvgIpc) is 3.02. The molecule has 0 aliphatic rings. The third kappa shape index (κ3) is 3.96. The molecule has 1 heterocycles. The number of anilines is 1. The molecule has 0 saturated carbocycles. The molecular formula is C16H11F5N2O4. The number of aryl methyl sites for hydroxylation is 1. The Morgan fingerprint density at radius 1 is 1.00 bits per heavy atom. The molecule has 0 atom stereocenters. The third-order valence-electron chi connectivity index (χ3n) is 3.43. The van der Waals surface area contributed by atoms with Crippen LogP contribution in [0.3, 0.4) is 0 Å². The topological polar surface area (TPSA) is 77.4 Å². The molecule has 1 aromatic heterocycles. The van der Waals surface area contributed by atoms with Crippen LogP contribution >= 0.6 is 0 Å². The van der Waals surface area contributed by atoms with Crippen LogP contribution in [0.25, 0.3) is 0 Å². The summed E-state index contributed by atoms with van der Waals surface area (Å²) in [5, 5.41) is 1.46. The van der Waals surface area contributed by atoms with Crippen molar-refractivity contribution in [2.24, 2.45) is 7.05 Å². The number of aromatic nitrogens is 1. The van der Waals surface area contributed by atoms with E-state index in [1.54, 1.807) is 0 Å². The maximum Gasteiger partial charge on any atom is 0.355 e. The van der Waals surface area contributed by atoms with Crippen LogP contribution in [-0.4, -0.2) is 28.8 Å². The van der Waals surface area contributed by atoms with E-state index in [0.29, 0.717) is 0 Å². The highest BCUT2D eigenvalue weighted by Crippen LogP contribution is 2.27. The van der Waals surface area contributed by atoms with E-state index in [1.165, 1.54) is 36.1 Å². The molecule has 2 rings (SSSR count). The molecule has 27 heavy (non-hydrogen) atoms. The van der Waals surface area contributed by atoms with Crippen molar-refractivity contribution in [3.05, 3.63) is 52.6 Å². The van der Waals surface area contributed by atoms with Crippen LogP contribution < -0.4 is 5.32 Å². The molecule has 1 aromatic carbocycles. The molecule has 0 bridgehead atoms. The number of ether oxygens (including phenoxy) is 1. The standard InChI is InChI=1S/C16H11F5N2O4/c1-6(24)7-3-8(23(2)4-7)16(26)27-5-9(25)22-15-13(20)11(18)10(17)12(19)14(15)21/h3-4H,5H2,1-2H3,(H,22,25). The summed E-state index contributed by atoms with van der Waals surface area (Å²) < 4.78 is 71.9. The fourth-order valence-corrected chi connectivity index (χ4v) is 2.06. The van der Waals surface area contributed by atoms with E-state index in [2.05, 4.69) is 4.74 Å². The number of benzene rings is 1. The summed E-state index contributed by atoms with van der Waals surface area (Å²) in [4.78, 5) is 34.8. The van der Waals surface area contributed by atoms with Crippen molar-refractivity contribution in [1.29, 1.82) is 0 Å². The summed E-state index contributed by atoms with van der Waals surface area (Å²) in [6.45, 7) is 0.195. The number of esters is 1.